The minimum atomic E-state index is -5.02. The van der Waals surface area contributed by atoms with E-state index in [9.17, 15) is 43.2 Å². The average molecular weight is 1520 g/mol. The first kappa shape index (κ1) is 99.6. The van der Waals surface area contributed by atoms with Crippen LogP contribution < -0.4 is 0 Å². The third-order valence-corrected chi connectivity index (χ3v) is 17.1. The largest absolute Gasteiger partial charge is 0.472 e. The van der Waals surface area contributed by atoms with Gasteiger partial charge >= 0.3 is 39.5 Å². The van der Waals surface area contributed by atoms with Crippen molar-refractivity contribution in [3.63, 3.8) is 0 Å². The highest BCUT2D eigenvalue weighted by atomic mass is 31.2. The monoisotopic (exact) mass is 1510 g/mol. The summed E-state index contributed by atoms with van der Waals surface area (Å²) in [5, 5.41) is 10.6. The maximum atomic E-state index is 13.1. The second-order valence-corrected chi connectivity index (χ2v) is 28.1. The number of phosphoric ester groups is 2. The van der Waals surface area contributed by atoms with Crippen LogP contribution in [0.2, 0.25) is 0 Å². The molecular formula is C87H136O17P2. The van der Waals surface area contributed by atoms with Gasteiger partial charge in [-0.15, -0.1) is 0 Å². The van der Waals surface area contributed by atoms with E-state index in [1.807, 2.05) is 24.3 Å². The zero-order valence-corrected chi connectivity index (χ0v) is 66.8. The van der Waals surface area contributed by atoms with E-state index in [1.54, 1.807) is 0 Å². The molecule has 106 heavy (non-hydrogen) atoms. The lowest BCUT2D eigenvalue weighted by molar-refractivity contribution is -0.161. The number of carbonyl (C=O) groups is 4. The Hall–Kier alpha value is -6.36. The number of hydrogen-bond donors (Lipinski definition) is 3. The predicted molar refractivity (Wildman–Crippen MR) is 435 cm³/mol. The molecule has 19 heteroatoms. The Morgan fingerprint density at radius 3 is 0.811 bits per heavy atom. The number of aliphatic hydroxyl groups is 1. The van der Waals surface area contributed by atoms with Crippen LogP contribution in [0.5, 0.6) is 0 Å². The van der Waals surface area contributed by atoms with Crippen molar-refractivity contribution in [1.29, 1.82) is 0 Å². The second-order valence-electron chi connectivity index (χ2n) is 25.1. The molecule has 0 fully saturated rings. The van der Waals surface area contributed by atoms with Crippen LogP contribution in [-0.4, -0.2) is 96.7 Å². The highest BCUT2D eigenvalue weighted by Gasteiger charge is 2.30. The van der Waals surface area contributed by atoms with Crippen LogP contribution in [0.1, 0.15) is 259 Å². The third kappa shape index (κ3) is 75.9. The van der Waals surface area contributed by atoms with E-state index in [2.05, 4.69) is 210 Å². The van der Waals surface area contributed by atoms with E-state index in [1.165, 1.54) is 0 Å². The van der Waals surface area contributed by atoms with Crippen molar-refractivity contribution in [1.82, 2.24) is 0 Å². The zero-order valence-electron chi connectivity index (χ0n) is 65.0. The molecule has 3 N–H and O–H groups in total. The van der Waals surface area contributed by atoms with Crippen LogP contribution in [0.25, 0.3) is 0 Å². The molecule has 5 atom stereocenters. The van der Waals surface area contributed by atoms with Crippen molar-refractivity contribution < 1.29 is 80.2 Å². The summed E-state index contributed by atoms with van der Waals surface area (Å²) in [6.45, 7) is 4.24. The number of esters is 4. The van der Waals surface area contributed by atoms with Crippen molar-refractivity contribution in [2.75, 3.05) is 39.6 Å². The van der Waals surface area contributed by atoms with E-state index >= 15 is 0 Å². The van der Waals surface area contributed by atoms with Crippen molar-refractivity contribution >= 4 is 39.5 Å². The van der Waals surface area contributed by atoms with E-state index in [-0.39, 0.29) is 25.7 Å². The molecular weight excluding hydrogens is 1380 g/mol. The van der Waals surface area contributed by atoms with Gasteiger partial charge in [-0.2, -0.15) is 0 Å². The highest BCUT2D eigenvalue weighted by molar-refractivity contribution is 7.47. The van der Waals surface area contributed by atoms with Gasteiger partial charge in [0.1, 0.15) is 19.3 Å². The molecule has 0 saturated heterocycles. The van der Waals surface area contributed by atoms with Gasteiger partial charge in [0.15, 0.2) is 12.2 Å². The van der Waals surface area contributed by atoms with E-state index < -0.39 is 97.5 Å². The molecule has 0 amide bonds. The van der Waals surface area contributed by atoms with Crippen molar-refractivity contribution in [2.24, 2.45) is 0 Å². The third-order valence-electron chi connectivity index (χ3n) is 15.2. The van der Waals surface area contributed by atoms with Gasteiger partial charge in [-0.1, -0.05) is 266 Å². The number of hydrogen-bond acceptors (Lipinski definition) is 15. The molecule has 0 aromatic rings. The summed E-state index contributed by atoms with van der Waals surface area (Å²) >= 11 is 0. The van der Waals surface area contributed by atoms with E-state index in [0.717, 1.165) is 167 Å². The van der Waals surface area contributed by atoms with Crippen molar-refractivity contribution in [3.8, 4) is 0 Å². The normalized spacial score (nSPS) is 15.0. The molecule has 596 valence electrons. The molecule has 17 nitrogen and oxygen atoms in total. The molecule has 0 aliphatic rings. The molecule has 0 aromatic carbocycles. The van der Waals surface area contributed by atoms with Gasteiger partial charge in [0, 0.05) is 25.7 Å². The van der Waals surface area contributed by atoms with E-state index in [0.29, 0.717) is 38.5 Å². The summed E-state index contributed by atoms with van der Waals surface area (Å²) in [6, 6.07) is 0. The maximum absolute atomic E-state index is 13.1. The number of carbonyl (C=O) groups excluding carboxylic acids is 4. The average Bonchev–Trinajstić information content (AvgIpc) is 0.900. The van der Waals surface area contributed by atoms with Gasteiger partial charge in [0.05, 0.1) is 26.4 Å². The van der Waals surface area contributed by atoms with Crippen molar-refractivity contribution in [3.05, 3.63) is 207 Å². The standard InChI is InChI=1S/C87H136O17P2/c1-5-9-13-17-21-25-29-33-36-39-40-43-45-49-52-56-60-64-68-72-85(90)97-77-82(103-86(91)73-69-65-61-57-53-47-32-28-24-20-16-12-8-4)79-101-105(93,94)99-75-81(88)76-100-106(95,96)102-80-83(104-87(92)74-70-66-62-58-54-50-46-42-38-35-31-27-23-19-15-11-7-3)78-98-84(89)71-67-63-59-55-51-48-44-41-37-34-30-26-22-18-14-10-6-2/h9-11,13-16,20-23,25-28,32-38,40,43-44,46,48-50,52,55,58-59,62,81-83,88H,5-8,12,17-19,24,29-31,39,41-42,45,47,51,53-54,56-57,60-61,63-80H2,1-4H3,(H,93,94)(H,95,96)/b13-9-,14-10-,15-11-,20-16-,25-21-,26-22-,27-23-,32-28-,36-33-,37-34-,38-35-,43-40-,48-44-,50-46-,52-49-,59-55-,62-58-. The second kappa shape index (κ2) is 76.8. The Morgan fingerprint density at radius 2 is 0.500 bits per heavy atom. The first-order valence-corrected chi connectivity index (χ1v) is 42.3. The Balaban J connectivity index is 5.52. The zero-order chi connectivity index (χ0) is 77.4. The van der Waals surface area contributed by atoms with Crippen LogP contribution in [0.15, 0.2) is 207 Å². The molecule has 0 aliphatic carbocycles. The summed E-state index contributed by atoms with van der Waals surface area (Å²) in [6.07, 6.45) is 95.4. The highest BCUT2D eigenvalue weighted by Crippen LogP contribution is 2.45. The van der Waals surface area contributed by atoms with Gasteiger partial charge in [-0.25, -0.2) is 9.13 Å². The molecule has 0 saturated carbocycles. The Kier molecular flexibility index (Phi) is 72.2. The fourth-order valence-corrected chi connectivity index (χ4v) is 10.9. The SMILES string of the molecule is CC/C=C\C/C=C\C/C=C\C/C=C\C/C=C\CCCCCC(=O)OCC(COP(=O)(O)OCC(O)COP(=O)(O)OCC(COC(=O)CCC/C=C\C/C=C\C/C=C\C/C=C\C/C=C\CC)OC(=O)CCC/C=C\C/C=C\C/C=C\C/C=C\C/C=C\CC)OC(=O)CCCCCCC/C=C\C/C=C\CCC. The van der Waals surface area contributed by atoms with Crippen LogP contribution in [0, 0.1) is 0 Å². The summed E-state index contributed by atoms with van der Waals surface area (Å²) in [5.41, 5.74) is 0. The molecule has 0 aromatic heterocycles. The predicted octanol–water partition coefficient (Wildman–Crippen LogP) is 23.1. The molecule has 0 radical (unpaired) electrons. The first-order chi connectivity index (χ1) is 51.7. The lowest BCUT2D eigenvalue weighted by Crippen LogP contribution is -2.30. The van der Waals surface area contributed by atoms with Crippen LogP contribution in [0.3, 0.4) is 0 Å². The smallest absolute Gasteiger partial charge is 0.462 e. The van der Waals surface area contributed by atoms with Gasteiger partial charge < -0.3 is 33.8 Å². The lowest BCUT2D eigenvalue weighted by atomic mass is 10.1. The fraction of sp³-hybridized carbons (Fsp3) is 0.563. The molecule has 0 bridgehead atoms. The topological polar surface area (TPSA) is 237 Å². The van der Waals surface area contributed by atoms with Gasteiger partial charge in [-0.3, -0.25) is 37.3 Å². The summed E-state index contributed by atoms with van der Waals surface area (Å²) in [5.74, 6) is -2.39. The minimum Gasteiger partial charge on any atom is -0.462 e. The minimum absolute atomic E-state index is 0.00554. The summed E-state index contributed by atoms with van der Waals surface area (Å²) in [7, 11) is -10.0. The number of aliphatic hydroxyl groups excluding tert-OH is 1. The van der Waals surface area contributed by atoms with Crippen LogP contribution >= 0.6 is 15.6 Å². The molecule has 0 spiro atoms. The summed E-state index contributed by atoms with van der Waals surface area (Å²) in [4.78, 5) is 73.0. The van der Waals surface area contributed by atoms with Crippen LogP contribution in [-0.2, 0) is 65.4 Å². The van der Waals surface area contributed by atoms with Gasteiger partial charge in [0.2, 0.25) is 0 Å². The summed E-state index contributed by atoms with van der Waals surface area (Å²) < 4.78 is 68.4. The molecule has 5 unspecified atom stereocenters. The number of ether oxygens (including phenoxy) is 4. The maximum Gasteiger partial charge on any atom is 0.472 e. The van der Waals surface area contributed by atoms with Gasteiger partial charge in [-0.05, 0) is 173 Å². The lowest BCUT2D eigenvalue weighted by Gasteiger charge is -2.21. The van der Waals surface area contributed by atoms with Crippen molar-refractivity contribution in [2.45, 2.75) is 277 Å². The Bertz CT molecular complexity index is 2830. The number of rotatable bonds is 71. The van der Waals surface area contributed by atoms with Gasteiger partial charge in [0.25, 0.3) is 0 Å². The van der Waals surface area contributed by atoms with Crippen LogP contribution in [0.4, 0.5) is 0 Å². The Labute approximate surface area is 639 Å². The molecule has 0 heterocycles. The molecule has 0 rings (SSSR count). The quantitative estimate of drug-likeness (QED) is 0.0169. The number of phosphoric acid groups is 2. The Morgan fingerprint density at radius 1 is 0.274 bits per heavy atom. The molecule has 0 aliphatic heterocycles. The fourth-order valence-electron chi connectivity index (χ4n) is 9.35. The first-order valence-electron chi connectivity index (χ1n) is 39.3. The van der Waals surface area contributed by atoms with E-state index in [4.69, 9.17) is 37.0 Å². The number of unbranched alkanes of at least 4 members (excludes halogenated alkanes) is 11. The number of allylic oxidation sites excluding steroid dienone is 34.